The van der Waals surface area contributed by atoms with Gasteiger partial charge in [-0.15, -0.1) is 0 Å². The third-order valence-corrected chi connectivity index (χ3v) is 7.33. The SMILES string of the molecule is O=c1c(O[C@@H]2O[C@H](CO[C@@H]3O[C@H](CO)[C@@H](O)[C@H](O)[C@H]3O)[C@@H](O)[C@H](O)[C@@H]2O)c(-c2ccc(O)c(O)c2)oc2cc(O)cc(O)c12. The number of ether oxygens (including phenoxy) is 4. The molecule has 0 bridgehead atoms. The summed E-state index contributed by atoms with van der Waals surface area (Å²) in [6.07, 6.45) is -17.4. The topological polar surface area (TPSA) is 290 Å². The molecule has 5 rings (SSSR count). The summed E-state index contributed by atoms with van der Waals surface area (Å²) in [6, 6.07) is 5.17. The summed E-state index contributed by atoms with van der Waals surface area (Å²) < 4.78 is 27.6. The molecule has 1 aromatic heterocycles. The molecule has 0 aliphatic carbocycles. The van der Waals surface area contributed by atoms with E-state index in [9.17, 15) is 61.0 Å². The van der Waals surface area contributed by atoms with E-state index in [0.717, 1.165) is 24.3 Å². The van der Waals surface area contributed by atoms with Crippen molar-refractivity contribution in [3.8, 4) is 40.1 Å². The van der Waals surface area contributed by atoms with Crippen LogP contribution in [-0.4, -0.2) is 131 Å². The first-order valence-electron chi connectivity index (χ1n) is 13.2. The van der Waals surface area contributed by atoms with Gasteiger partial charge >= 0.3 is 0 Å². The molecule has 0 unspecified atom stereocenters. The first kappa shape index (κ1) is 31.7. The van der Waals surface area contributed by atoms with Crippen molar-refractivity contribution in [2.45, 2.75) is 61.4 Å². The van der Waals surface area contributed by atoms with Crippen molar-refractivity contribution < 1.29 is 79.5 Å². The lowest BCUT2D eigenvalue weighted by molar-refractivity contribution is -0.323. The molecule has 3 aromatic rings. The highest BCUT2D eigenvalue weighted by Gasteiger charge is 2.48. The fourth-order valence-electron chi connectivity index (χ4n) is 4.89. The Morgan fingerprint density at radius 3 is 2.00 bits per heavy atom. The van der Waals surface area contributed by atoms with Crippen molar-refractivity contribution >= 4 is 11.0 Å². The van der Waals surface area contributed by atoms with Gasteiger partial charge in [0.05, 0.1) is 13.2 Å². The van der Waals surface area contributed by atoms with Crippen LogP contribution < -0.4 is 10.2 Å². The molecule has 0 spiro atoms. The minimum absolute atomic E-state index is 0.0504. The van der Waals surface area contributed by atoms with Crippen LogP contribution in [0, 0.1) is 0 Å². The highest BCUT2D eigenvalue weighted by molar-refractivity contribution is 5.88. The molecule has 2 aliphatic rings. The Morgan fingerprint density at radius 1 is 0.705 bits per heavy atom. The zero-order chi connectivity index (χ0) is 32.0. The molecule has 0 saturated carbocycles. The predicted octanol–water partition coefficient (Wildman–Crippen LogP) is -2.71. The summed E-state index contributed by atoms with van der Waals surface area (Å²) in [5.74, 6) is -3.44. The van der Waals surface area contributed by atoms with Crippen molar-refractivity contribution in [2.75, 3.05) is 13.2 Å². The van der Waals surface area contributed by atoms with Gasteiger partial charge in [0.15, 0.2) is 23.5 Å². The lowest BCUT2D eigenvalue weighted by Crippen LogP contribution is -2.62. The Morgan fingerprint density at radius 2 is 1.34 bits per heavy atom. The van der Waals surface area contributed by atoms with Crippen molar-refractivity contribution in [1.29, 1.82) is 0 Å². The van der Waals surface area contributed by atoms with E-state index in [1.807, 2.05) is 0 Å². The molecule has 3 heterocycles. The van der Waals surface area contributed by atoms with E-state index >= 15 is 0 Å². The molecular weight excluding hydrogens is 596 g/mol. The Balaban J connectivity index is 1.47. The number of benzene rings is 2. The lowest BCUT2D eigenvalue weighted by atomic mass is 9.98. The fourth-order valence-corrected chi connectivity index (χ4v) is 4.89. The molecule has 2 saturated heterocycles. The van der Waals surface area contributed by atoms with E-state index in [1.54, 1.807) is 0 Å². The van der Waals surface area contributed by atoms with Crippen LogP contribution in [0.15, 0.2) is 39.5 Å². The predicted molar refractivity (Wildman–Crippen MR) is 142 cm³/mol. The van der Waals surface area contributed by atoms with E-state index in [1.165, 1.54) is 6.07 Å². The maximum absolute atomic E-state index is 13.6. The van der Waals surface area contributed by atoms with Crippen molar-refractivity contribution in [2.24, 2.45) is 0 Å². The van der Waals surface area contributed by atoms with Gasteiger partial charge in [-0.3, -0.25) is 4.79 Å². The number of aliphatic hydroxyl groups is 7. The van der Waals surface area contributed by atoms with E-state index in [0.29, 0.717) is 0 Å². The number of rotatable bonds is 7. The molecule has 2 aliphatic heterocycles. The summed E-state index contributed by atoms with van der Waals surface area (Å²) in [6.45, 7) is -1.42. The molecule has 17 nitrogen and oxygen atoms in total. The number of fused-ring (bicyclic) bond motifs is 1. The summed E-state index contributed by atoms with van der Waals surface area (Å²) in [4.78, 5) is 13.6. The van der Waals surface area contributed by atoms with Gasteiger partial charge in [0, 0.05) is 17.7 Å². The van der Waals surface area contributed by atoms with Gasteiger partial charge in [0.2, 0.25) is 17.5 Å². The first-order valence-corrected chi connectivity index (χ1v) is 13.2. The van der Waals surface area contributed by atoms with Gasteiger partial charge in [-0.25, -0.2) is 0 Å². The maximum atomic E-state index is 13.6. The summed E-state index contributed by atoms with van der Waals surface area (Å²) in [7, 11) is 0. The van der Waals surface area contributed by atoms with E-state index in [4.69, 9.17) is 23.4 Å². The Bertz CT molecular complexity index is 1560. The van der Waals surface area contributed by atoms with Gasteiger partial charge in [0.1, 0.15) is 71.3 Å². The van der Waals surface area contributed by atoms with Crippen LogP contribution in [0.3, 0.4) is 0 Å². The van der Waals surface area contributed by atoms with Crippen LogP contribution in [0.1, 0.15) is 0 Å². The maximum Gasteiger partial charge on any atom is 0.239 e. The van der Waals surface area contributed by atoms with Crippen LogP contribution in [0.4, 0.5) is 0 Å². The van der Waals surface area contributed by atoms with Crippen molar-refractivity contribution in [3.63, 3.8) is 0 Å². The molecule has 17 heteroatoms. The largest absolute Gasteiger partial charge is 0.508 e. The molecule has 11 N–H and O–H groups in total. The van der Waals surface area contributed by atoms with Crippen molar-refractivity contribution in [3.05, 3.63) is 40.6 Å². The van der Waals surface area contributed by atoms with E-state index in [-0.39, 0.29) is 11.1 Å². The molecule has 0 radical (unpaired) electrons. The van der Waals surface area contributed by atoms with Crippen LogP contribution in [0.25, 0.3) is 22.3 Å². The average Bonchev–Trinajstić information content (AvgIpc) is 2.98. The summed E-state index contributed by atoms with van der Waals surface area (Å²) in [5, 5.41) is 111. The number of phenolic OH excluding ortho intramolecular Hbond substituents is 4. The Kier molecular flexibility index (Phi) is 8.87. The minimum atomic E-state index is -2.00. The van der Waals surface area contributed by atoms with Crippen molar-refractivity contribution in [1.82, 2.24) is 0 Å². The van der Waals surface area contributed by atoms with Crippen LogP contribution in [0.5, 0.6) is 28.7 Å². The lowest BCUT2D eigenvalue weighted by Gasteiger charge is -2.42. The summed E-state index contributed by atoms with van der Waals surface area (Å²) in [5.41, 5.74) is -1.41. The van der Waals surface area contributed by atoms with Gasteiger partial charge in [-0.1, -0.05) is 0 Å². The quantitative estimate of drug-likeness (QED) is 0.119. The fraction of sp³-hybridized carbons (Fsp3) is 0.444. The smallest absolute Gasteiger partial charge is 0.239 e. The number of phenols is 4. The van der Waals surface area contributed by atoms with Gasteiger partial charge in [-0.05, 0) is 18.2 Å². The zero-order valence-corrected chi connectivity index (χ0v) is 22.4. The Labute approximate surface area is 246 Å². The summed E-state index contributed by atoms with van der Waals surface area (Å²) >= 11 is 0. The van der Waals surface area contributed by atoms with Crippen LogP contribution in [0.2, 0.25) is 0 Å². The second-order valence-corrected chi connectivity index (χ2v) is 10.3. The molecule has 2 fully saturated rings. The number of hydrogen-bond donors (Lipinski definition) is 11. The second-order valence-electron chi connectivity index (χ2n) is 10.3. The van der Waals surface area contributed by atoms with Gasteiger partial charge in [-0.2, -0.15) is 0 Å². The van der Waals surface area contributed by atoms with E-state index in [2.05, 4.69) is 0 Å². The van der Waals surface area contributed by atoms with Crippen LogP contribution in [-0.2, 0) is 14.2 Å². The molecule has 0 amide bonds. The standard InChI is InChI=1S/C27H30O17/c28-6-14-17(33)20(36)22(38)26(42-14)40-7-15-18(34)21(37)23(39)27(43-15)44-25-19(35)16-12(32)4-9(29)5-13(16)41-24(25)8-1-2-10(30)11(31)3-8/h1-5,14-15,17-18,20-23,26-34,36-39H,6-7H2/t14-,15-,17-,18-,20+,21+,22-,23+,26-,27+/m1/s1. The third-order valence-electron chi connectivity index (χ3n) is 7.33. The number of aliphatic hydroxyl groups excluding tert-OH is 7. The molecule has 2 aromatic carbocycles. The molecular formula is C27H30O17. The third kappa shape index (κ3) is 5.73. The van der Waals surface area contributed by atoms with Gasteiger partial charge in [0.25, 0.3) is 0 Å². The normalized spacial score (nSPS) is 32.5. The van der Waals surface area contributed by atoms with E-state index < -0.39 is 120 Å². The average molecular weight is 627 g/mol. The first-order chi connectivity index (χ1) is 20.8. The monoisotopic (exact) mass is 626 g/mol. The highest BCUT2D eigenvalue weighted by atomic mass is 16.7. The number of hydrogen-bond acceptors (Lipinski definition) is 17. The number of aromatic hydroxyl groups is 4. The zero-order valence-electron chi connectivity index (χ0n) is 22.4. The second kappa shape index (κ2) is 12.3. The molecule has 240 valence electrons. The Hall–Kier alpha value is -3.75. The van der Waals surface area contributed by atoms with Gasteiger partial charge < -0.3 is 79.5 Å². The van der Waals surface area contributed by atoms with Crippen LogP contribution >= 0.6 is 0 Å². The molecule has 10 atom stereocenters. The highest BCUT2D eigenvalue weighted by Crippen LogP contribution is 2.39. The minimum Gasteiger partial charge on any atom is -0.508 e. The molecule has 44 heavy (non-hydrogen) atoms.